The zero-order chi connectivity index (χ0) is 28.9. The van der Waals surface area contributed by atoms with Gasteiger partial charge in [0.15, 0.2) is 0 Å². The summed E-state index contributed by atoms with van der Waals surface area (Å²) in [6.07, 6.45) is 2.07. The maximum atomic E-state index is 13.5. The standard InChI is InChI=1S/C31H33BrN4O3S/c1-22-10-11-23(2)30(18-22)36-24(3)19-27(25(36)4)20-33-34-31(37)21-35(17-16-26-8-6-5-7-9-26)40(38,39)29-14-12-28(32)13-15-29/h5-15,18-20H,16-17,21H2,1-4H3,(H,34,37)/b33-20+. The average molecular weight is 622 g/mol. The number of halogens is 1. The first-order valence-corrected chi connectivity index (χ1v) is 15.2. The Morgan fingerprint density at radius 1 is 0.975 bits per heavy atom. The van der Waals surface area contributed by atoms with E-state index in [1.54, 1.807) is 18.3 Å². The first kappa shape index (κ1) is 29.5. The van der Waals surface area contributed by atoms with Crippen LogP contribution in [0.4, 0.5) is 0 Å². The number of hydrogen-bond acceptors (Lipinski definition) is 4. The van der Waals surface area contributed by atoms with Crippen molar-refractivity contribution in [3.8, 4) is 5.69 Å². The summed E-state index contributed by atoms with van der Waals surface area (Å²) in [5.41, 5.74) is 9.84. The maximum absolute atomic E-state index is 13.5. The summed E-state index contributed by atoms with van der Waals surface area (Å²) in [4.78, 5) is 13.0. The van der Waals surface area contributed by atoms with E-state index in [1.165, 1.54) is 22.0 Å². The van der Waals surface area contributed by atoms with E-state index in [9.17, 15) is 13.2 Å². The highest BCUT2D eigenvalue weighted by Crippen LogP contribution is 2.24. The Balaban J connectivity index is 1.50. The molecule has 0 saturated carbocycles. The number of nitrogens with one attached hydrogen (secondary N) is 1. The SMILES string of the molecule is Cc1ccc(C)c(-n2c(C)cc(/C=N/NC(=O)CN(CCc3ccccc3)S(=O)(=O)c3ccc(Br)cc3)c2C)c1. The number of benzene rings is 3. The van der Waals surface area contributed by atoms with E-state index >= 15 is 0 Å². The Labute approximate surface area is 244 Å². The van der Waals surface area contributed by atoms with E-state index in [-0.39, 0.29) is 18.0 Å². The van der Waals surface area contributed by atoms with Gasteiger partial charge in [-0.1, -0.05) is 58.4 Å². The van der Waals surface area contributed by atoms with Gasteiger partial charge in [-0.3, -0.25) is 4.79 Å². The molecule has 7 nitrogen and oxygen atoms in total. The Bertz CT molecular complexity index is 1630. The van der Waals surface area contributed by atoms with E-state index in [0.29, 0.717) is 6.42 Å². The predicted molar refractivity (Wildman–Crippen MR) is 164 cm³/mol. The van der Waals surface area contributed by atoms with Crippen molar-refractivity contribution in [2.45, 2.75) is 39.0 Å². The fraction of sp³-hybridized carbons (Fsp3) is 0.226. The minimum absolute atomic E-state index is 0.124. The third-order valence-electron chi connectivity index (χ3n) is 6.73. The number of hydrazone groups is 1. The second-order valence-electron chi connectivity index (χ2n) is 9.77. The van der Waals surface area contributed by atoms with Gasteiger partial charge in [0.05, 0.1) is 17.7 Å². The maximum Gasteiger partial charge on any atom is 0.255 e. The molecule has 0 aliphatic rings. The molecule has 4 aromatic rings. The molecule has 0 aliphatic carbocycles. The van der Waals surface area contributed by atoms with Gasteiger partial charge in [-0.15, -0.1) is 0 Å². The lowest BCUT2D eigenvalue weighted by Crippen LogP contribution is -2.40. The molecule has 0 aliphatic heterocycles. The Morgan fingerprint density at radius 3 is 2.38 bits per heavy atom. The minimum Gasteiger partial charge on any atom is -0.318 e. The highest BCUT2D eigenvalue weighted by Gasteiger charge is 2.26. The smallest absolute Gasteiger partial charge is 0.255 e. The van der Waals surface area contributed by atoms with E-state index < -0.39 is 15.9 Å². The van der Waals surface area contributed by atoms with Crippen molar-refractivity contribution in [3.63, 3.8) is 0 Å². The van der Waals surface area contributed by atoms with Crippen molar-refractivity contribution in [2.24, 2.45) is 5.10 Å². The van der Waals surface area contributed by atoms with E-state index in [1.807, 2.05) is 50.2 Å². The average Bonchev–Trinajstić information content (AvgIpc) is 3.21. The lowest BCUT2D eigenvalue weighted by Gasteiger charge is -2.21. The van der Waals surface area contributed by atoms with Gasteiger partial charge in [-0.25, -0.2) is 13.8 Å². The topological polar surface area (TPSA) is 83.8 Å². The fourth-order valence-electron chi connectivity index (χ4n) is 4.56. The number of amides is 1. The van der Waals surface area contributed by atoms with Crippen molar-refractivity contribution in [1.29, 1.82) is 0 Å². The van der Waals surface area contributed by atoms with Crippen LogP contribution < -0.4 is 5.43 Å². The molecule has 0 saturated heterocycles. The van der Waals surface area contributed by atoms with Gasteiger partial charge in [0.1, 0.15) is 0 Å². The number of rotatable bonds is 10. The van der Waals surface area contributed by atoms with Crippen LogP contribution in [0.3, 0.4) is 0 Å². The van der Waals surface area contributed by atoms with Crippen LogP contribution in [0.25, 0.3) is 5.69 Å². The zero-order valence-electron chi connectivity index (χ0n) is 23.1. The molecule has 0 atom stereocenters. The number of hydrogen-bond donors (Lipinski definition) is 1. The molecule has 0 unspecified atom stereocenters. The van der Waals surface area contributed by atoms with Gasteiger partial charge in [-0.2, -0.15) is 9.41 Å². The third kappa shape index (κ3) is 6.96. The molecule has 1 amide bonds. The lowest BCUT2D eigenvalue weighted by molar-refractivity contribution is -0.121. The van der Waals surface area contributed by atoms with Gasteiger partial charge >= 0.3 is 0 Å². The van der Waals surface area contributed by atoms with Crippen molar-refractivity contribution < 1.29 is 13.2 Å². The van der Waals surface area contributed by atoms with Crippen molar-refractivity contribution in [3.05, 3.63) is 117 Å². The zero-order valence-corrected chi connectivity index (χ0v) is 25.5. The van der Waals surface area contributed by atoms with Crippen molar-refractivity contribution >= 4 is 38.1 Å². The van der Waals surface area contributed by atoms with Crippen LogP contribution in [0.5, 0.6) is 0 Å². The van der Waals surface area contributed by atoms with Gasteiger partial charge in [0, 0.05) is 33.7 Å². The number of aromatic nitrogens is 1. The van der Waals surface area contributed by atoms with Gasteiger partial charge < -0.3 is 4.57 Å². The summed E-state index contributed by atoms with van der Waals surface area (Å²) >= 11 is 3.34. The van der Waals surface area contributed by atoms with Crippen LogP contribution in [-0.2, 0) is 21.2 Å². The normalized spacial score (nSPS) is 11.8. The van der Waals surface area contributed by atoms with Crippen LogP contribution >= 0.6 is 15.9 Å². The number of carbonyl (C=O) groups is 1. The fourth-order valence-corrected chi connectivity index (χ4v) is 6.22. The molecule has 4 rings (SSSR count). The summed E-state index contributed by atoms with van der Waals surface area (Å²) in [5, 5.41) is 4.16. The van der Waals surface area contributed by atoms with E-state index in [2.05, 4.69) is 63.1 Å². The molecule has 1 heterocycles. The van der Waals surface area contributed by atoms with Crippen LogP contribution in [0.2, 0.25) is 0 Å². The molecule has 0 radical (unpaired) electrons. The first-order chi connectivity index (χ1) is 19.1. The van der Waals surface area contributed by atoms with Crippen LogP contribution in [0.1, 0.15) is 33.6 Å². The quantitative estimate of drug-likeness (QED) is 0.178. The van der Waals surface area contributed by atoms with E-state index in [0.717, 1.165) is 38.2 Å². The number of carbonyl (C=O) groups excluding carboxylic acids is 1. The molecular weight excluding hydrogens is 588 g/mol. The van der Waals surface area contributed by atoms with Crippen molar-refractivity contribution in [2.75, 3.05) is 13.1 Å². The predicted octanol–water partition coefficient (Wildman–Crippen LogP) is 5.86. The Hall–Kier alpha value is -3.53. The lowest BCUT2D eigenvalue weighted by atomic mass is 10.1. The summed E-state index contributed by atoms with van der Waals surface area (Å²) < 4.78 is 31.0. The second-order valence-corrected chi connectivity index (χ2v) is 12.6. The molecule has 208 valence electrons. The van der Waals surface area contributed by atoms with Crippen LogP contribution in [0, 0.1) is 27.7 Å². The molecule has 0 bridgehead atoms. The van der Waals surface area contributed by atoms with E-state index in [4.69, 9.17) is 0 Å². The molecule has 0 fully saturated rings. The summed E-state index contributed by atoms with van der Waals surface area (Å²) in [6.45, 7) is 7.97. The largest absolute Gasteiger partial charge is 0.318 e. The Morgan fingerprint density at radius 2 is 1.68 bits per heavy atom. The number of nitrogens with zero attached hydrogens (tertiary/aromatic N) is 3. The van der Waals surface area contributed by atoms with Gasteiger partial charge in [-0.05, 0) is 87.2 Å². The summed E-state index contributed by atoms with van der Waals surface area (Å²) in [7, 11) is -3.91. The highest BCUT2D eigenvalue weighted by atomic mass is 79.9. The molecule has 40 heavy (non-hydrogen) atoms. The number of sulfonamides is 1. The summed E-state index contributed by atoms with van der Waals surface area (Å²) in [5.74, 6) is -0.520. The minimum atomic E-state index is -3.91. The molecule has 1 aromatic heterocycles. The van der Waals surface area contributed by atoms with Gasteiger partial charge in [0.25, 0.3) is 5.91 Å². The second kappa shape index (κ2) is 12.8. The highest BCUT2D eigenvalue weighted by molar-refractivity contribution is 9.10. The number of aryl methyl sites for hydroxylation is 3. The first-order valence-electron chi connectivity index (χ1n) is 12.9. The van der Waals surface area contributed by atoms with Crippen molar-refractivity contribution in [1.82, 2.24) is 14.3 Å². The molecular formula is C31H33BrN4O3S. The molecule has 9 heteroatoms. The monoisotopic (exact) mass is 620 g/mol. The molecule has 0 spiro atoms. The molecule has 1 N–H and O–H groups in total. The third-order valence-corrected chi connectivity index (χ3v) is 9.12. The van der Waals surface area contributed by atoms with Crippen LogP contribution in [0.15, 0.2) is 93.3 Å². The molecule has 3 aromatic carbocycles. The summed E-state index contributed by atoms with van der Waals surface area (Å²) in [6, 6.07) is 24.3. The van der Waals surface area contributed by atoms with Gasteiger partial charge in [0.2, 0.25) is 10.0 Å². The Kier molecular flexibility index (Phi) is 9.40. The van der Waals surface area contributed by atoms with Crippen LogP contribution in [-0.4, -0.2) is 42.5 Å².